The van der Waals surface area contributed by atoms with Crippen molar-refractivity contribution in [2.24, 2.45) is 10.2 Å². The fourth-order valence-electron chi connectivity index (χ4n) is 3.60. The zero-order valence-electron chi connectivity index (χ0n) is 17.9. The van der Waals surface area contributed by atoms with Crippen molar-refractivity contribution in [3.05, 3.63) is 108 Å². The van der Waals surface area contributed by atoms with Gasteiger partial charge in [-0.25, -0.2) is 4.79 Å². The number of nitrogens with zero attached hydrogens (tertiary/aromatic N) is 2. The van der Waals surface area contributed by atoms with Gasteiger partial charge in [-0.15, -0.1) is 5.11 Å². The third-order valence-electron chi connectivity index (χ3n) is 5.30. The van der Waals surface area contributed by atoms with Gasteiger partial charge in [-0.1, -0.05) is 73.3 Å². The number of aromatic carboxylic acids is 1. The zero-order chi connectivity index (χ0) is 23.4. The highest BCUT2D eigenvalue weighted by Gasteiger charge is 2.21. The van der Waals surface area contributed by atoms with Crippen LogP contribution in [0.3, 0.4) is 0 Å². The van der Waals surface area contributed by atoms with Gasteiger partial charge in [-0.05, 0) is 41.6 Å². The molecule has 33 heavy (non-hydrogen) atoms. The molecular formula is C27H21N3O3. The maximum absolute atomic E-state index is 13.2. The number of carboxylic acid groups (broad SMARTS) is 1. The van der Waals surface area contributed by atoms with Crippen LogP contribution in [0.1, 0.15) is 31.8 Å². The molecule has 6 heteroatoms. The van der Waals surface area contributed by atoms with Crippen LogP contribution in [0.25, 0.3) is 16.8 Å². The van der Waals surface area contributed by atoms with Crippen LogP contribution in [-0.2, 0) is 0 Å². The minimum absolute atomic E-state index is 0.0370. The van der Waals surface area contributed by atoms with Crippen molar-refractivity contribution in [2.45, 2.75) is 6.92 Å². The molecule has 0 spiro atoms. The summed E-state index contributed by atoms with van der Waals surface area (Å²) in [7, 11) is 0. The lowest BCUT2D eigenvalue weighted by Crippen LogP contribution is -2.18. The number of carbonyl (C=O) groups is 2. The first-order valence-corrected chi connectivity index (χ1v) is 10.3. The van der Waals surface area contributed by atoms with E-state index in [2.05, 4.69) is 22.1 Å². The van der Waals surface area contributed by atoms with Crippen molar-refractivity contribution in [3.8, 4) is 0 Å². The highest BCUT2D eigenvalue weighted by molar-refractivity contribution is 6.15. The maximum atomic E-state index is 13.2. The van der Waals surface area contributed by atoms with E-state index in [-0.39, 0.29) is 11.1 Å². The highest BCUT2D eigenvalue weighted by Crippen LogP contribution is 2.36. The molecule has 0 bridgehead atoms. The Morgan fingerprint density at radius 2 is 1.67 bits per heavy atom. The van der Waals surface area contributed by atoms with E-state index in [0.717, 1.165) is 16.3 Å². The van der Waals surface area contributed by atoms with Gasteiger partial charge < -0.3 is 10.4 Å². The lowest BCUT2D eigenvalue weighted by Gasteiger charge is -2.13. The maximum Gasteiger partial charge on any atom is 0.336 e. The Labute approximate surface area is 190 Å². The number of amides is 1. The van der Waals surface area contributed by atoms with Crippen LogP contribution >= 0.6 is 0 Å². The quantitative estimate of drug-likeness (QED) is 0.315. The molecular weight excluding hydrogens is 414 g/mol. The van der Waals surface area contributed by atoms with Crippen molar-refractivity contribution >= 4 is 45.8 Å². The number of azo groups is 1. The van der Waals surface area contributed by atoms with E-state index < -0.39 is 11.9 Å². The van der Waals surface area contributed by atoms with Crippen LogP contribution in [0.5, 0.6) is 0 Å². The standard InChI is InChI=1S/C27H21N3O3/c1-3-18-11-8-13-21(27(32)33)24(18)26(31)28-23-16-15-19-10-5-6-12-20(19)25(23)30-29-22-14-7-4-9-17(22)2/h3-16H,1H2,2H3,(H,28,31)(H,32,33). The van der Waals surface area contributed by atoms with Crippen LogP contribution in [-0.4, -0.2) is 17.0 Å². The Bertz CT molecular complexity index is 1420. The number of carboxylic acids is 1. The summed E-state index contributed by atoms with van der Waals surface area (Å²) in [5, 5.41) is 23.1. The number of aryl methyl sites for hydroxylation is 1. The largest absolute Gasteiger partial charge is 0.478 e. The Balaban J connectivity index is 1.82. The Morgan fingerprint density at radius 3 is 2.42 bits per heavy atom. The van der Waals surface area contributed by atoms with Gasteiger partial charge in [0.25, 0.3) is 5.91 Å². The molecule has 6 nitrogen and oxygen atoms in total. The molecule has 4 aromatic carbocycles. The van der Waals surface area contributed by atoms with Gasteiger partial charge in [0.2, 0.25) is 0 Å². The molecule has 0 aliphatic rings. The van der Waals surface area contributed by atoms with Crippen LogP contribution in [0.15, 0.2) is 95.7 Å². The van der Waals surface area contributed by atoms with Crippen LogP contribution < -0.4 is 5.32 Å². The van der Waals surface area contributed by atoms with E-state index in [9.17, 15) is 14.7 Å². The Morgan fingerprint density at radius 1 is 0.909 bits per heavy atom. The molecule has 0 saturated carbocycles. The van der Waals surface area contributed by atoms with Crippen molar-refractivity contribution in [3.63, 3.8) is 0 Å². The number of carbonyl (C=O) groups excluding carboxylic acids is 1. The summed E-state index contributed by atoms with van der Waals surface area (Å²) in [6.45, 7) is 5.65. The molecule has 0 aromatic heterocycles. The molecule has 162 valence electrons. The van der Waals surface area contributed by atoms with Gasteiger partial charge in [-0.2, -0.15) is 5.11 Å². The molecule has 0 heterocycles. The monoisotopic (exact) mass is 435 g/mol. The summed E-state index contributed by atoms with van der Waals surface area (Å²) in [5.74, 6) is -1.76. The van der Waals surface area contributed by atoms with E-state index in [1.165, 1.54) is 12.1 Å². The molecule has 0 aliphatic carbocycles. The van der Waals surface area contributed by atoms with Crippen molar-refractivity contribution in [1.82, 2.24) is 0 Å². The third-order valence-corrected chi connectivity index (χ3v) is 5.30. The molecule has 4 rings (SSSR count). The zero-order valence-corrected chi connectivity index (χ0v) is 17.9. The predicted octanol–water partition coefficient (Wildman–Crippen LogP) is 7.16. The summed E-state index contributed by atoms with van der Waals surface area (Å²) < 4.78 is 0. The minimum atomic E-state index is -1.19. The second-order valence-corrected chi connectivity index (χ2v) is 7.40. The normalized spacial score (nSPS) is 10.9. The molecule has 0 radical (unpaired) electrons. The summed E-state index contributed by atoms with van der Waals surface area (Å²) in [6, 6.07) is 23.5. The van der Waals surface area contributed by atoms with Gasteiger partial charge in [0.05, 0.1) is 22.5 Å². The van der Waals surface area contributed by atoms with Crippen molar-refractivity contribution in [1.29, 1.82) is 0 Å². The van der Waals surface area contributed by atoms with Gasteiger partial charge in [0, 0.05) is 5.39 Å². The summed E-state index contributed by atoms with van der Waals surface area (Å²) in [4.78, 5) is 25.0. The number of fused-ring (bicyclic) bond motifs is 1. The smallest absolute Gasteiger partial charge is 0.336 e. The predicted molar refractivity (Wildman–Crippen MR) is 131 cm³/mol. The molecule has 0 unspecified atom stereocenters. The van der Waals surface area contributed by atoms with Gasteiger partial charge in [-0.3, -0.25) is 4.79 Å². The van der Waals surface area contributed by atoms with Crippen molar-refractivity contribution in [2.75, 3.05) is 5.32 Å². The number of nitrogens with one attached hydrogen (secondary N) is 1. The first-order chi connectivity index (χ1) is 16.0. The second-order valence-electron chi connectivity index (χ2n) is 7.40. The SMILES string of the molecule is C=Cc1cccc(C(=O)O)c1C(=O)Nc1ccc2ccccc2c1N=Nc1ccccc1C. The first-order valence-electron chi connectivity index (χ1n) is 10.3. The van der Waals surface area contributed by atoms with E-state index in [4.69, 9.17) is 0 Å². The van der Waals surface area contributed by atoms with E-state index in [1.54, 1.807) is 18.2 Å². The van der Waals surface area contributed by atoms with E-state index in [0.29, 0.717) is 22.6 Å². The summed E-state index contributed by atoms with van der Waals surface area (Å²) in [6.07, 6.45) is 1.46. The average Bonchev–Trinajstić information content (AvgIpc) is 2.83. The van der Waals surface area contributed by atoms with Crippen LogP contribution in [0, 0.1) is 6.92 Å². The highest BCUT2D eigenvalue weighted by atomic mass is 16.4. The summed E-state index contributed by atoms with van der Waals surface area (Å²) >= 11 is 0. The second kappa shape index (κ2) is 9.28. The molecule has 1 amide bonds. The average molecular weight is 435 g/mol. The van der Waals surface area contributed by atoms with E-state index in [1.807, 2.05) is 61.5 Å². The van der Waals surface area contributed by atoms with Gasteiger partial charge in [0.15, 0.2) is 0 Å². The Hall–Kier alpha value is -4.58. The lowest BCUT2D eigenvalue weighted by molar-refractivity contribution is 0.0692. The van der Waals surface area contributed by atoms with Crippen LogP contribution in [0.2, 0.25) is 0 Å². The van der Waals surface area contributed by atoms with E-state index >= 15 is 0 Å². The lowest BCUT2D eigenvalue weighted by atomic mass is 9.99. The number of rotatable bonds is 6. The topological polar surface area (TPSA) is 91.1 Å². The van der Waals surface area contributed by atoms with Gasteiger partial charge in [0.1, 0.15) is 5.69 Å². The molecule has 0 saturated heterocycles. The Kier molecular flexibility index (Phi) is 6.09. The van der Waals surface area contributed by atoms with Gasteiger partial charge >= 0.3 is 5.97 Å². The molecule has 0 atom stereocenters. The fourth-order valence-corrected chi connectivity index (χ4v) is 3.60. The molecule has 0 fully saturated rings. The molecule has 0 aliphatic heterocycles. The summed E-state index contributed by atoms with van der Waals surface area (Å²) in [5.41, 5.74) is 2.95. The number of anilines is 1. The number of hydrogen-bond donors (Lipinski definition) is 2. The number of benzene rings is 4. The molecule has 4 aromatic rings. The minimum Gasteiger partial charge on any atom is -0.478 e. The fraction of sp³-hybridized carbons (Fsp3) is 0.0370. The van der Waals surface area contributed by atoms with Crippen LogP contribution in [0.4, 0.5) is 17.1 Å². The third kappa shape index (κ3) is 4.41. The molecule has 2 N–H and O–H groups in total. The van der Waals surface area contributed by atoms with Crippen molar-refractivity contribution < 1.29 is 14.7 Å². The number of hydrogen-bond acceptors (Lipinski definition) is 4. The first kappa shape index (κ1) is 21.6.